The van der Waals surface area contributed by atoms with Crippen molar-refractivity contribution in [2.75, 3.05) is 0 Å². The van der Waals surface area contributed by atoms with E-state index in [1.54, 1.807) is 0 Å². The van der Waals surface area contributed by atoms with Gasteiger partial charge in [-0.05, 0) is 6.04 Å². The molecule has 0 aromatic carbocycles. The minimum absolute atomic E-state index is 0.487. The molecule has 3 nitrogen and oxygen atoms in total. The van der Waals surface area contributed by atoms with Gasteiger partial charge < -0.3 is 0 Å². The van der Waals surface area contributed by atoms with E-state index in [4.69, 9.17) is 14.4 Å². The van der Waals surface area contributed by atoms with Gasteiger partial charge in [-0.3, -0.25) is 9.15 Å². The van der Waals surface area contributed by atoms with Crippen LogP contribution in [0.5, 0.6) is 0 Å². The smallest absolute Gasteiger partial charge is 0.256 e. The van der Waals surface area contributed by atoms with Crippen LogP contribution in [-0.4, -0.2) is 8.56 Å². The molecule has 1 aliphatic rings. The number of nitriles is 1. The summed E-state index contributed by atoms with van der Waals surface area (Å²) in [6.45, 7) is 2.07. The lowest BCUT2D eigenvalue weighted by atomic mass is 10.6. The standard InChI is InChI=1S/C5H9NO2Si/c1-2-4-9(5-3-6)7-8-9/h2,4-5H2,1H3. The first-order valence-electron chi connectivity index (χ1n) is 3.07. The molecule has 1 saturated heterocycles. The molecule has 0 atom stereocenters. The van der Waals surface area contributed by atoms with E-state index in [0.717, 1.165) is 12.5 Å². The average Bonchev–Trinajstić information content (AvgIpc) is 2.51. The van der Waals surface area contributed by atoms with Crippen molar-refractivity contribution in [3.8, 4) is 6.07 Å². The maximum absolute atomic E-state index is 8.29. The Morgan fingerprint density at radius 1 is 1.56 bits per heavy atom. The minimum atomic E-state index is -1.81. The van der Waals surface area contributed by atoms with Crippen LogP contribution in [0.3, 0.4) is 0 Å². The Morgan fingerprint density at radius 2 is 2.22 bits per heavy atom. The molecule has 0 amide bonds. The number of hydrogen-bond acceptors (Lipinski definition) is 3. The molecule has 0 aromatic heterocycles. The Labute approximate surface area is 55.4 Å². The van der Waals surface area contributed by atoms with Crippen LogP contribution in [0.25, 0.3) is 0 Å². The summed E-state index contributed by atoms with van der Waals surface area (Å²) in [5.41, 5.74) is 0. The highest BCUT2D eigenvalue weighted by molar-refractivity contribution is 6.72. The fourth-order valence-corrected chi connectivity index (χ4v) is 2.73. The molecule has 0 aliphatic carbocycles. The largest absolute Gasteiger partial charge is 0.420 e. The van der Waals surface area contributed by atoms with Crippen molar-refractivity contribution in [3.05, 3.63) is 0 Å². The minimum Gasteiger partial charge on any atom is -0.256 e. The number of rotatable bonds is 3. The van der Waals surface area contributed by atoms with Crippen molar-refractivity contribution in [2.45, 2.75) is 25.4 Å². The second-order valence-electron chi connectivity index (χ2n) is 2.16. The van der Waals surface area contributed by atoms with E-state index < -0.39 is 8.56 Å². The molecule has 0 radical (unpaired) electrons. The second-order valence-corrected chi connectivity index (χ2v) is 5.17. The Bertz CT molecular complexity index is 138. The summed E-state index contributed by atoms with van der Waals surface area (Å²) >= 11 is 0. The third-order valence-electron chi connectivity index (χ3n) is 1.30. The van der Waals surface area contributed by atoms with Crippen LogP contribution in [0.15, 0.2) is 0 Å². The molecule has 1 fully saturated rings. The molecule has 0 spiro atoms. The first-order chi connectivity index (χ1) is 4.33. The third-order valence-corrected chi connectivity index (χ3v) is 3.89. The van der Waals surface area contributed by atoms with Crippen molar-refractivity contribution < 1.29 is 9.15 Å². The highest BCUT2D eigenvalue weighted by Crippen LogP contribution is 2.32. The molecule has 0 N–H and O–H groups in total. The lowest BCUT2D eigenvalue weighted by Gasteiger charge is -1.91. The van der Waals surface area contributed by atoms with Crippen LogP contribution in [0.4, 0.5) is 0 Å². The predicted molar refractivity (Wildman–Crippen MR) is 33.4 cm³/mol. The van der Waals surface area contributed by atoms with Gasteiger partial charge in [-0.2, -0.15) is 5.26 Å². The van der Waals surface area contributed by atoms with Gasteiger partial charge in [-0.25, -0.2) is 0 Å². The van der Waals surface area contributed by atoms with E-state index in [9.17, 15) is 0 Å². The Balaban J connectivity index is 2.27. The highest BCUT2D eigenvalue weighted by atomic mass is 28.4. The highest BCUT2D eigenvalue weighted by Gasteiger charge is 2.53. The fourth-order valence-electron chi connectivity index (χ4n) is 0.791. The lowest BCUT2D eigenvalue weighted by molar-refractivity contribution is 0.0850. The van der Waals surface area contributed by atoms with Gasteiger partial charge in [0.1, 0.15) is 0 Å². The van der Waals surface area contributed by atoms with E-state index in [2.05, 4.69) is 13.0 Å². The lowest BCUT2D eigenvalue weighted by Crippen LogP contribution is -2.13. The fraction of sp³-hybridized carbons (Fsp3) is 0.800. The molecular weight excluding hydrogens is 134 g/mol. The number of hydrogen-bond donors (Lipinski definition) is 0. The van der Waals surface area contributed by atoms with E-state index in [-0.39, 0.29) is 0 Å². The summed E-state index contributed by atoms with van der Waals surface area (Å²) in [6, 6.07) is 3.51. The van der Waals surface area contributed by atoms with Gasteiger partial charge in [-0.15, -0.1) is 0 Å². The normalized spacial score (nSPS) is 20.9. The van der Waals surface area contributed by atoms with Gasteiger partial charge in [0.25, 0.3) is 0 Å². The SMILES string of the molecule is CCC[Si]1(CC#N)OO1. The van der Waals surface area contributed by atoms with Crippen LogP contribution in [0.1, 0.15) is 13.3 Å². The van der Waals surface area contributed by atoms with E-state index >= 15 is 0 Å². The van der Waals surface area contributed by atoms with Gasteiger partial charge in [-0.1, -0.05) is 13.3 Å². The van der Waals surface area contributed by atoms with E-state index in [1.165, 1.54) is 0 Å². The van der Waals surface area contributed by atoms with E-state index in [1.807, 2.05) is 0 Å². The molecule has 0 aromatic rings. The zero-order valence-electron chi connectivity index (χ0n) is 5.39. The van der Waals surface area contributed by atoms with Crippen LogP contribution in [0.2, 0.25) is 12.1 Å². The van der Waals surface area contributed by atoms with Crippen molar-refractivity contribution in [3.63, 3.8) is 0 Å². The van der Waals surface area contributed by atoms with Gasteiger partial charge >= 0.3 is 8.56 Å². The molecule has 1 heterocycles. The summed E-state index contributed by atoms with van der Waals surface area (Å²) in [7, 11) is -1.81. The monoisotopic (exact) mass is 143 g/mol. The molecule has 1 rings (SSSR count). The molecule has 1 aliphatic heterocycles. The molecule has 4 heteroatoms. The molecule has 0 bridgehead atoms. The van der Waals surface area contributed by atoms with Crippen LogP contribution >= 0.6 is 0 Å². The first kappa shape index (κ1) is 6.74. The van der Waals surface area contributed by atoms with Crippen molar-refractivity contribution >= 4 is 8.56 Å². The summed E-state index contributed by atoms with van der Waals surface area (Å²) in [5, 5.41) is 8.29. The third kappa shape index (κ3) is 1.51. The van der Waals surface area contributed by atoms with Crippen LogP contribution in [-0.2, 0) is 9.15 Å². The maximum atomic E-state index is 8.29. The Kier molecular flexibility index (Phi) is 1.86. The van der Waals surface area contributed by atoms with Crippen molar-refractivity contribution in [1.29, 1.82) is 5.26 Å². The van der Waals surface area contributed by atoms with Crippen LogP contribution < -0.4 is 0 Å². The van der Waals surface area contributed by atoms with Gasteiger partial charge in [0.15, 0.2) is 0 Å². The zero-order valence-corrected chi connectivity index (χ0v) is 6.39. The van der Waals surface area contributed by atoms with Crippen molar-refractivity contribution in [1.82, 2.24) is 0 Å². The van der Waals surface area contributed by atoms with Gasteiger partial charge in [0, 0.05) is 0 Å². The molecule has 0 saturated carbocycles. The summed E-state index contributed by atoms with van der Waals surface area (Å²) in [5.74, 6) is 0. The van der Waals surface area contributed by atoms with Gasteiger partial charge in [0.05, 0.1) is 12.1 Å². The topological polar surface area (TPSA) is 48.9 Å². The van der Waals surface area contributed by atoms with E-state index in [0.29, 0.717) is 6.04 Å². The van der Waals surface area contributed by atoms with Gasteiger partial charge in [0.2, 0.25) is 0 Å². The molecule has 0 unspecified atom stereocenters. The second kappa shape index (κ2) is 2.48. The predicted octanol–water partition coefficient (Wildman–Crippen LogP) is 1.32. The van der Waals surface area contributed by atoms with Crippen molar-refractivity contribution in [2.24, 2.45) is 0 Å². The summed E-state index contributed by atoms with van der Waals surface area (Å²) in [6.07, 6.45) is 1.05. The summed E-state index contributed by atoms with van der Waals surface area (Å²) < 4.78 is 9.59. The quantitative estimate of drug-likeness (QED) is 0.340. The molecule has 9 heavy (non-hydrogen) atoms. The van der Waals surface area contributed by atoms with Crippen LogP contribution in [0, 0.1) is 11.3 Å². The average molecular weight is 143 g/mol. The zero-order chi connectivity index (χ0) is 6.74. The Hall–Kier alpha value is -0.373. The first-order valence-corrected chi connectivity index (χ1v) is 5.30. The summed E-state index contributed by atoms with van der Waals surface area (Å²) in [4.78, 5) is 0. The molecule has 50 valence electrons. The Morgan fingerprint density at radius 3 is 2.56 bits per heavy atom. The maximum Gasteiger partial charge on any atom is 0.420 e. The number of nitrogens with zero attached hydrogens (tertiary/aromatic N) is 1. The molecular formula is C5H9NO2Si.